The van der Waals surface area contributed by atoms with Gasteiger partial charge in [0.05, 0.1) is 0 Å². The third kappa shape index (κ3) is 3.34. The molecule has 1 aromatic heterocycles. The van der Waals surface area contributed by atoms with Gasteiger partial charge in [-0.3, -0.25) is 0 Å². The predicted octanol–water partition coefficient (Wildman–Crippen LogP) is 4.79. The standard InChI is InChI=1S/C17H21NO/c1-12-9-13(2)16(18-11-12)19-15-8-6-7-14(10-15)17(3,4)5/h6-11H,1-5H3. The second-order valence-electron chi connectivity index (χ2n) is 6.01. The van der Waals surface area contributed by atoms with Crippen LogP contribution < -0.4 is 4.74 Å². The Morgan fingerprint density at radius 3 is 2.42 bits per heavy atom. The highest BCUT2D eigenvalue weighted by molar-refractivity contribution is 5.37. The number of pyridine rings is 1. The zero-order valence-electron chi connectivity index (χ0n) is 12.3. The molecule has 2 nitrogen and oxygen atoms in total. The van der Waals surface area contributed by atoms with E-state index in [0.29, 0.717) is 5.88 Å². The maximum Gasteiger partial charge on any atom is 0.222 e. The summed E-state index contributed by atoms with van der Waals surface area (Å²) in [5.41, 5.74) is 3.58. The maximum atomic E-state index is 5.89. The average Bonchev–Trinajstić information content (AvgIpc) is 2.32. The third-order valence-corrected chi connectivity index (χ3v) is 3.08. The van der Waals surface area contributed by atoms with Gasteiger partial charge in [0.25, 0.3) is 0 Å². The normalized spacial score (nSPS) is 11.4. The lowest BCUT2D eigenvalue weighted by molar-refractivity contribution is 0.455. The fourth-order valence-electron chi connectivity index (χ4n) is 1.95. The molecule has 0 N–H and O–H groups in total. The van der Waals surface area contributed by atoms with Crippen LogP contribution in [0, 0.1) is 13.8 Å². The highest BCUT2D eigenvalue weighted by Gasteiger charge is 2.14. The molecule has 0 saturated heterocycles. The van der Waals surface area contributed by atoms with Gasteiger partial charge in [0.2, 0.25) is 5.88 Å². The number of nitrogens with zero attached hydrogens (tertiary/aromatic N) is 1. The Labute approximate surface area is 115 Å². The summed E-state index contributed by atoms with van der Waals surface area (Å²) < 4.78 is 5.89. The molecule has 2 aromatic rings. The first kappa shape index (κ1) is 13.6. The van der Waals surface area contributed by atoms with E-state index in [1.165, 1.54) is 5.56 Å². The van der Waals surface area contributed by atoms with Gasteiger partial charge in [-0.1, -0.05) is 32.9 Å². The molecule has 2 heteroatoms. The van der Waals surface area contributed by atoms with Crippen LogP contribution in [0.25, 0.3) is 0 Å². The van der Waals surface area contributed by atoms with Crippen molar-refractivity contribution in [2.24, 2.45) is 0 Å². The second kappa shape index (κ2) is 5.04. The van der Waals surface area contributed by atoms with Crippen molar-refractivity contribution < 1.29 is 4.74 Å². The van der Waals surface area contributed by atoms with Gasteiger partial charge < -0.3 is 4.74 Å². The minimum absolute atomic E-state index is 0.120. The molecule has 19 heavy (non-hydrogen) atoms. The number of ether oxygens (including phenoxy) is 1. The molecule has 1 heterocycles. The molecule has 0 spiro atoms. The lowest BCUT2D eigenvalue weighted by Crippen LogP contribution is -2.10. The number of benzene rings is 1. The number of hydrogen-bond donors (Lipinski definition) is 0. The molecule has 0 aliphatic rings. The number of rotatable bonds is 2. The molecule has 0 aliphatic heterocycles. The van der Waals surface area contributed by atoms with Crippen molar-refractivity contribution >= 4 is 0 Å². The zero-order valence-corrected chi connectivity index (χ0v) is 12.3. The van der Waals surface area contributed by atoms with Crippen LogP contribution in [-0.2, 0) is 5.41 Å². The van der Waals surface area contributed by atoms with Crippen molar-refractivity contribution in [1.29, 1.82) is 0 Å². The van der Waals surface area contributed by atoms with Crippen LogP contribution in [0.2, 0.25) is 0 Å². The van der Waals surface area contributed by atoms with Crippen molar-refractivity contribution in [3.8, 4) is 11.6 Å². The van der Waals surface area contributed by atoms with Gasteiger partial charge >= 0.3 is 0 Å². The van der Waals surface area contributed by atoms with E-state index in [1.54, 1.807) is 0 Å². The van der Waals surface area contributed by atoms with Crippen LogP contribution in [-0.4, -0.2) is 4.98 Å². The summed E-state index contributed by atoms with van der Waals surface area (Å²) in [6.45, 7) is 10.6. The number of aryl methyl sites for hydroxylation is 2. The molecular formula is C17H21NO. The number of aromatic nitrogens is 1. The van der Waals surface area contributed by atoms with Crippen LogP contribution in [0.4, 0.5) is 0 Å². The van der Waals surface area contributed by atoms with E-state index in [4.69, 9.17) is 4.74 Å². The summed E-state index contributed by atoms with van der Waals surface area (Å²) in [4.78, 5) is 4.34. The van der Waals surface area contributed by atoms with E-state index in [9.17, 15) is 0 Å². The van der Waals surface area contributed by atoms with E-state index in [0.717, 1.165) is 16.9 Å². The molecule has 2 rings (SSSR count). The second-order valence-corrected chi connectivity index (χ2v) is 6.01. The Morgan fingerprint density at radius 1 is 1.05 bits per heavy atom. The van der Waals surface area contributed by atoms with Crippen molar-refractivity contribution in [2.75, 3.05) is 0 Å². The molecule has 0 fully saturated rings. The molecule has 0 aliphatic carbocycles. The highest BCUT2D eigenvalue weighted by Crippen LogP contribution is 2.28. The van der Waals surface area contributed by atoms with Gasteiger partial charge in [-0.25, -0.2) is 4.98 Å². The molecule has 0 atom stereocenters. The van der Waals surface area contributed by atoms with Gasteiger partial charge in [-0.15, -0.1) is 0 Å². The van der Waals surface area contributed by atoms with Crippen molar-refractivity contribution in [3.05, 3.63) is 53.2 Å². The average molecular weight is 255 g/mol. The lowest BCUT2D eigenvalue weighted by Gasteiger charge is -2.19. The lowest BCUT2D eigenvalue weighted by atomic mass is 9.87. The monoisotopic (exact) mass is 255 g/mol. The Hall–Kier alpha value is -1.83. The van der Waals surface area contributed by atoms with Crippen LogP contribution in [0.3, 0.4) is 0 Å². The number of hydrogen-bond acceptors (Lipinski definition) is 2. The zero-order chi connectivity index (χ0) is 14.0. The van der Waals surface area contributed by atoms with Gasteiger partial charge in [0.15, 0.2) is 0 Å². The van der Waals surface area contributed by atoms with Crippen LogP contribution in [0.15, 0.2) is 36.5 Å². The van der Waals surface area contributed by atoms with E-state index in [-0.39, 0.29) is 5.41 Å². The minimum atomic E-state index is 0.120. The quantitative estimate of drug-likeness (QED) is 0.769. The fourth-order valence-corrected chi connectivity index (χ4v) is 1.95. The highest BCUT2D eigenvalue weighted by atomic mass is 16.5. The van der Waals surface area contributed by atoms with E-state index >= 15 is 0 Å². The molecule has 0 unspecified atom stereocenters. The van der Waals surface area contributed by atoms with Gasteiger partial charge in [-0.2, -0.15) is 0 Å². The smallest absolute Gasteiger partial charge is 0.222 e. The summed E-state index contributed by atoms with van der Waals surface area (Å²) in [7, 11) is 0. The predicted molar refractivity (Wildman–Crippen MR) is 78.9 cm³/mol. The Morgan fingerprint density at radius 2 is 1.79 bits per heavy atom. The Balaban J connectivity index is 2.29. The minimum Gasteiger partial charge on any atom is -0.439 e. The first-order chi connectivity index (χ1) is 8.86. The molecule has 1 aromatic carbocycles. The first-order valence-electron chi connectivity index (χ1n) is 6.58. The van der Waals surface area contributed by atoms with E-state index < -0.39 is 0 Å². The van der Waals surface area contributed by atoms with Crippen LogP contribution in [0.1, 0.15) is 37.5 Å². The Kier molecular flexibility index (Phi) is 3.61. The largest absolute Gasteiger partial charge is 0.439 e. The maximum absolute atomic E-state index is 5.89. The molecule has 0 bridgehead atoms. The van der Waals surface area contributed by atoms with Crippen molar-refractivity contribution in [1.82, 2.24) is 4.98 Å². The molecule has 0 amide bonds. The summed E-state index contributed by atoms with van der Waals surface area (Å²) in [5.74, 6) is 1.52. The first-order valence-corrected chi connectivity index (χ1v) is 6.58. The van der Waals surface area contributed by atoms with Crippen molar-refractivity contribution in [3.63, 3.8) is 0 Å². The summed E-state index contributed by atoms with van der Waals surface area (Å²) in [5, 5.41) is 0. The van der Waals surface area contributed by atoms with Gasteiger partial charge in [0, 0.05) is 11.8 Å². The molecule has 100 valence electrons. The van der Waals surface area contributed by atoms with Crippen LogP contribution >= 0.6 is 0 Å². The summed E-state index contributed by atoms with van der Waals surface area (Å²) in [6, 6.07) is 10.3. The van der Waals surface area contributed by atoms with Gasteiger partial charge in [0.1, 0.15) is 5.75 Å². The topological polar surface area (TPSA) is 22.1 Å². The van der Waals surface area contributed by atoms with Gasteiger partial charge in [-0.05, 0) is 48.6 Å². The third-order valence-electron chi connectivity index (χ3n) is 3.08. The van der Waals surface area contributed by atoms with E-state index in [1.807, 2.05) is 32.2 Å². The summed E-state index contributed by atoms with van der Waals surface area (Å²) >= 11 is 0. The molecule has 0 saturated carbocycles. The van der Waals surface area contributed by atoms with Crippen molar-refractivity contribution in [2.45, 2.75) is 40.0 Å². The molecular weight excluding hydrogens is 234 g/mol. The Bertz CT molecular complexity index is 582. The van der Waals surface area contributed by atoms with E-state index in [2.05, 4.69) is 44.0 Å². The SMILES string of the molecule is Cc1cnc(Oc2cccc(C(C)(C)C)c2)c(C)c1. The van der Waals surface area contributed by atoms with Crippen LogP contribution in [0.5, 0.6) is 11.6 Å². The summed E-state index contributed by atoms with van der Waals surface area (Å²) in [6.07, 6.45) is 1.83. The fraction of sp³-hybridized carbons (Fsp3) is 0.353. The molecule has 0 radical (unpaired) electrons.